The van der Waals surface area contributed by atoms with Crippen LogP contribution >= 0.6 is 0 Å². The van der Waals surface area contributed by atoms with Crippen molar-refractivity contribution in [3.63, 3.8) is 0 Å². The Labute approximate surface area is 122 Å². The Hall–Kier alpha value is -2.56. The zero-order valence-electron chi connectivity index (χ0n) is 11.8. The molecule has 0 saturated carbocycles. The quantitative estimate of drug-likeness (QED) is 0.859. The topological polar surface area (TPSA) is 47.6 Å². The third kappa shape index (κ3) is 3.72. The molecule has 110 valence electrons. The van der Waals surface area contributed by atoms with Crippen molar-refractivity contribution in [2.45, 2.75) is 6.04 Å². The van der Waals surface area contributed by atoms with Gasteiger partial charge < -0.3 is 14.8 Å². The fraction of sp³-hybridized carbons (Fsp3) is 0.188. The maximum Gasteiger partial charge on any atom is 0.332 e. The number of methoxy groups -OCH3 is 2. The van der Waals surface area contributed by atoms with Gasteiger partial charge in [0.05, 0.1) is 14.2 Å². The number of esters is 1. The molecule has 5 heteroatoms. The van der Waals surface area contributed by atoms with Crippen molar-refractivity contribution in [3.05, 3.63) is 59.9 Å². The Balaban J connectivity index is 2.26. The van der Waals surface area contributed by atoms with Gasteiger partial charge in [-0.25, -0.2) is 9.18 Å². The average Bonchev–Trinajstić information content (AvgIpc) is 2.52. The lowest BCUT2D eigenvalue weighted by molar-refractivity contribution is -0.141. The number of carbonyl (C=O) groups is 1. The molecule has 2 aromatic rings. The molecule has 0 bridgehead atoms. The van der Waals surface area contributed by atoms with Crippen LogP contribution in [0.4, 0.5) is 10.1 Å². The van der Waals surface area contributed by atoms with E-state index in [0.717, 1.165) is 0 Å². The minimum Gasteiger partial charge on any atom is -0.497 e. The van der Waals surface area contributed by atoms with E-state index in [1.807, 2.05) is 0 Å². The van der Waals surface area contributed by atoms with Crippen molar-refractivity contribution in [1.29, 1.82) is 0 Å². The minimum absolute atomic E-state index is 0.405. The number of carbonyl (C=O) groups excluding carboxylic acids is 1. The number of nitrogens with one attached hydrogen (secondary N) is 1. The first-order valence-electron chi connectivity index (χ1n) is 6.38. The number of benzene rings is 2. The van der Waals surface area contributed by atoms with Gasteiger partial charge in [0.25, 0.3) is 0 Å². The fourth-order valence-corrected chi connectivity index (χ4v) is 1.94. The Morgan fingerprint density at radius 2 is 1.86 bits per heavy atom. The summed E-state index contributed by atoms with van der Waals surface area (Å²) in [7, 11) is 2.87. The maximum absolute atomic E-state index is 13.3. The van der Waals surface area contributed by atoms with Crippen molar-refractivity contribution in [2.24, 2.45) is 0 Å². The van der Waals surface area contributed by atoms with E-state index in [9.17, 15) is 9.18 Å². The molecule has 0 amide bonds. The van der Waals surface area contributed by atoms with E-state index in [1.54, 1.807) is 43.5 Å². The van der Waals surface area contributed by atoms with Crippen molar-refractivity contribution in [3.8, 4) is 5.75 Å². The summed E-state index contributed by atoms with van der Waals surface area (Å²) >= 11 is 0. The summed E-state index contributed by atoms with van der Waals surface area (Å²) in [6.45, 7) is 0. The van der Waals surface area contributed by atoms with Gasteiger partial charge in [0.1, 0.15) is 11.6 Å². The second kappa shape index (κ2) is 6.74. The van der Waals surface area contributed by atoms with Gasteiger partial charge in [-0.3, -0.25) is 0 Å². The monoisotopic (exact) mass is 289 g/mol. The summed E-state index contributed by atoms with van der Waals surface area (Å²) in [5.74, 6) is -0.185. The Morgan fingerprint density at radius 3 is 2.43 bits per heavy atom. The molecule has 0 aromatic heterocycles. The van der Waals surface area contributed by atoms with Crippen LogP contribution < -0.4 is 10.1 Å². The second-order valence-corrected chi connectivity index (χ2v) is 4.38. The van der Waals surface area contributed by atoms with Crippen LogP contribution in [0.3, 0.4) is 0 Å². The third-order valence-electron chi connectivity index (χ3n) is 3.02. The van der Waals surface area contributed by atoms with Gasteiger partial charge in [-0.15, -0.1) is 0 Å². The molecule has 0 heterocycles. The molecule has 21 heavy (non-hydrogen) atoms. The van der Waals surface area contributed by atoms with Crippen molar-refractivity contribution >= 4 is 11.7 Å². The molecule has 0 unspecified atom stereocenters. The maximum atomic E-state index is 13.3. The van der Waals surface area contributed by atoms with Crippen LogP contribution in [-0.4, -0.2) is 20.2 Å². The summed E-state index contributed by atoms with van der Waals surface area (Å²) in [5.41, 5.74) is 1.20. The number of halogens is 1. The zero-order chi connectivity index (χ0) is 15.2. The lowest BCUT2D eigenvalue weighted by atomic mass is 10.1. The standard InChI is InChI=1S/C16H16FNO3/c1-20-14-8-6-13(7-9-14)18-15(16(19)21-2)11-4-3-5-12(17)10-11/h3-10,15,18H,1-2H3/t15-/m0/s1. The summed E-state index contributed by atoms with van der Waals surface area (Å²) in [6.07, 6.45) is 0. The molecule has 1 N–H and O–H groups in total. The number of anilines is 1. The molecule has 4 nitrogen and oxygen atoms in total. The van der Waals surface area contributed by atoms with Crippen LogP contribution in [0.25, 0.3) is 0 Å². The summed E-state index contributed by atoms with van der Waals surface area (Å²) < 4.78 is 23.2. The highest BCUT2D eigenvalue weighted by atomic mass is 19.1. The van der Waals surface area contributed by atoms with Crippen LogP contribution in [0.5, 0.6) is 5.75 Å². The van der Waals surface area contributed by atoms with Gasteiger partial charge >= 0.3 is 5.97 Å². The van der Waals surface area contributed by atoms with E-state index in [2.05, 4.69) is 5.32 Å². The molecule has 0 aliphatic carbocycles. The summed E-state index contributed by atoms with van der Waals surface area (Å²) in [5, 5.41) is 3.03. The lowest BCUT2D eigenvalue weighted by Gasteiger charge is -2.18. The van der Waals surface area contributed by atoms with Gasteiger partial charge in [0.15, 0.2) is 6.04 Å². The van der Waals surface area contributed by atoms with Crippen molar-refractivity contribution in [1.82, 2.24) is 0 Å². The fourth-order valence-electron chi connectivity index (χ4n) is 1.94. The normalized spacial score (nSPS) is 11.6. The Morgan fingerprint density at radius 1 is 1.14 bits per heavy atom. The van der Waals surface area contributed by atoms with E-state index in [0.29, 0.717) is 17.0 Å². The third-order valence-corrected chi connectivity index (χ3v) is 3.02. The molecule has 0 aliphatic rings. The van der Waals surface area contributed by atoms with Gasteiger partial charge in [0, 0.05) is 5.69 Å². The SMILES string of the molecule is COC(=O)[C@@H](Nc1ccc(OC)cc1)c1cccc(F)c1. The molecule has 0 spiro atoms. The molecule has 2 aromatic carbocycles. The van der Waals surface area contributed by atoms with E-state index >= 15 is 0 Å². The predicted octanol–water partition coefficient (Wildman–Crippen LogP) is 3.16. The van der Waals surface area contributed by atoms with Crippen molar-refractivity contribution < 1.29 is 18.7 Å². The largest absolute Gasteiger partial charge is 0.497 e. The highest BCUT2D eigenvalue weighted by Crippen LogP contribution is 2.23. The highest BCUT2D eigenvalue weighted by Gasteiger charge is 2.21. The molecule has 2 rings (SSSR count). The summed E-state index contributed by atoms with van der Waals surface area (Å²) in [4.78, 5) is 11.9. The first-order chi connectivity index (χ1) is 10.1. The van der Waals surface area contributed by atoms with E-state index in [1.165, 1.54) is 19.2 Å². The number of hydrogen-bond donors (Lipinski definition) is 1. The zero-order valence-corrected chi connectivity index (χ0v) is 11.8. The second-order valence-electron chi connectivity index (χ2n) is 4.38. The number of rotatable bonds is 5. The van der Waals surface area contributed by atoms with Gasteiger partial charge in [0.2, 0.25) is 0 Å². The number of ether oxygens (including phenoxy) is 2. The van der Waals surface area contributed by atoms with Crippen LogP contribution in [-0.2, 0) is 9.53 Å². The molecular weight excluding hydrogens is 273 g/mol. The first kappa shape index (κ1) is 14.8. The van der Waals surface area contributed by atoms with E-state index in [4.69, 9.17) is 9.47 Å². The van der Waals surface area contributed by atoms with Crippen LogP contribution in [0.2, 0.25) is 0 Å². The van der Waals surface area contributed by atoms with Gasteiger partial charge in [-0.05, 0) is 42.0 Å². The Bertz CT molecular complexity index is 613. The first-order valence-corrected chi connectivity index (χ1v) is 6.38. The smallest absolute Gasteiger partial charge is 0.332 e. The van der Waals surface area contributed by atoms with Crippen molar-refractivity contribution in [2.75, 3.05) is 19.5 Å². The van der Waals surface area contributed by atoms with Crippen LogP contribution in [0.1, 0.15) is 11.6 Å². The minimum atomic E-state index is -0.779. The summed E-state index contributed by atoms with van der Waals surface area (Å²) in [6, 6.07) is 12.1. The van der Waals surface area contributed by atoms with Gasteiger partial charge in [-0.1, -0.05) is 12.1 Å². The van der Waals surface area contributed by atoms with Crippen LogP contribution in [0, 0.1) is 5.82 Å². The van der Waals surface area contributed by atoms with Gasteiger partial charge in [-0.2, -0.15) is 0 Å². The number of hydrogen-bond acceptors (Lipinski definition) is 4. The average molecular weight is 289 g/mol. The predicted molar refractivity (Wildman–Crippen MR) is 77.8 cm³/mol. The van der Waals surface area contributed by atoms with E-state index < -0.39 is 17.8 Å². The lowest BCUT2D eigenvalue weighted by Crippen LogP contribution is -2.22. The molecule has 0 saturated heterocycles. The Kier molecular flexibility index (Phi) is 4.77. The molecule has 1 atom stereocenters. The molecule has 0 radical (unpaired) electrons. The van der Waals surface area contributed by atoms with E-state index in [-0.39, 0.29) is 0 Å². The molecule has 0 aliphatic heterocycles. The van der Waals surface area contributed by atoms with Crippen LogP contribution in [0.15, 0.2) is 48.5 Å². The molecule has 0 fully saturated rings. The highest BCUT2D eigenvalue weighted by molar-refractivity contribution is 5.81. The molecular formula is C16H16FNO3.